The van der Waals surface area contributed by atoms with Crippen LogP contribution in [0.25, 0.3) is 5.57 Å². The van der Waals surface area contributed by atoms with Crippen LogP contribution >= 0.6 is 0 Å². The normalized spacial score (nSPS) is 23.9. The van der Waals surface area contributed by atoms with E-state index in [9.17, 15) is 9.35 Å². The van der Waals surface area contributed by atoms with Crippen LogP contribution < -0.4 is 15.6 Å². The van der Waals surface area contributed by atoms with Crippen LogP contribution in [-0.2, 0) is 16.0 Å². The Morgan fingerprint density at radius 3 is 2.82 bits per heavy atom. The zero-order chi connectivity index (χ0) is 16.3. The molecule has 3 unspecified atom stereocenters. The quantitative estimate of drug-likeness (QED) is 0.830. The Kier molecular flexibility index (Phi) is 5.50. The molecule has 22 heavy (non-hydrogen) atoms. The molecule has 1 fully saturated rings. The number of carbonyl (C=O) groups is 1. The van der Waals surface area contributed by atoms with E-state index in [-0.39, 0.29) is 17.9 Å². The summed E-state index contributed by atoms with van der Waals surface area (Å²) in [5.41, 5.74) is 7.59. The third-order valence-electron chi connectivity index (χ3n) is 3.84. The molecule has 3 atom stereocenters. The Bertz CT molecular complexity index is 587. The van der Waals surface area contributed by atoms with Crippen molar-refractivity contribution in [1.82, 2.24) is 10.9 Å². The highest BCUT2D eigenvalue weighted by Gasteiger charge is 2.25. The number of carbonyl (C=O) groups excluding carboxylic acids is 1. The lowest BCUT2D eigenvalue weighted by molar-refractivity contribution is -0.125. The molecule has 5 nitrogen and oxygen atoms in total. The van der Waals surface area contributed by atoms with Crippen LogP contribution in [0.1, 0.15) is 25.8 Å². The summed E-state index contributed by atoms with van der Waals surface area (Å²) >= 11 is -1.15. The van der Waals surface area contributed by atoms with Crippen LogP contribution in [0.4, 0.5) is 0 Å². The largest absolute Gasteiger partial charge is 0.612 e. The Morgan fingerprint density at radius 1 is 1.50 bits per heavy atom. The Labute approximate surface area is 134 Å². The first kappa shape index (κ1) is 16.9. The van der Waals surface area contributed by atoms with Gasteiger partial charge in [-0.2, -0.15) is 0 Å². The van der Waals surface area contributed by atoms with Gasteiger partial charge in [-0.15, -0.1) is 0 Å². The molecule has 0 aliphatic carbocycles. The summed E-state index contributed by atoms with van der Waals surface area (Å²) in [4.78, 5) is 12.1. The average molecular weight is 322 g/mol. The van der Waals surface area contributed by atoms with Crippen molar-refractivity contribution >= 4 is 22.7 Å². The molecule has 1 saturated heterocycles. The van der Waals surface area contributed by atoms with Crippen molar-refractivity contribution in [3.05, 3.63) is 29.8 Å². The molecule has 6 heteroatoms. The first-order chi connectivity index (χ1) is 10.4. The maximum atomic E-state index is 12.1. The highest BCUT2D eigenvalue weighted by molar-refractivity contribution is 7.90. The number of allylic oxidation sites excluding steroid dienone is 1. The minimum Gasteiger partial charge on any atom is -0.612 e. The Morgan fingerprint density at radius 2 is 2.23 bits per heavy atom. The van der Waals surface area contributed by atoms with E-state index in [0.717, 1.165) is 11.1 Å². The molecule has 0 spiro atoms. The third-order valence-corrected chi connectivity index (χ3v) is 4.84. The predicted molar refractivity (Wildman–Crippen MR) is 87.8 cm³/mol. The number of amides is 1. The fourth-order valence-electron chi connectivity index (χ4n) is 2.63. The van der Waals surface area contributed by atoms with Crippen molar-refractivity contribution in [2.75, 3.05) is 13.4 Å². The molecule has 0 radical (unpaired) electrons. The van der Waals surface area contributed by atoms with Crippen molar-refractivity contribution in [1.29, 1.82) is 0 Å². The summed E-state index contributed by atoms with van der Waals surface area (Å²) < 4.78 is 17.4. The van der Waals surface area contributed by atoms with E-state index in [1.54, 1.807) is 13.4 Å². The van der Waals surface area contributed by atoms with E-state index < -0.39 is 11.2 Å². The summed E-state index contributed by atoms with van der Waals surface area (Å²) in [5, 5.41) is 0. The maximum absolute atomic E-state index is 12.1. The molecule has 1 aliphatic heterocycles. The third kappa shape index (κ3) is 3.63. The van der Waals surface area contributed by atoms with E-state index in [1.807, 2.05) is 32.0 Å². The van der Waals surface area contributed by atoms with Crippen LogP contribution in [0, 0.1) is 5.92 Å². The minimum atomic E-state index is -1.15. The van der Waals surface area contributed by atoms with Crippen molar-refractivity contribution in [2.24, 2.45) is 5.92 Å². The fraction of sp³-hybridized carbons (Fsp3) is 0.438. The second-order valence-corrected chi connectivity index (χ2v) is 6.86. The van der Waals surface area contributed by atoms with Crippen molar-refractivity contribution < 1.29 is 14.1 Å². The molecule has 2 N–H and O–H groups in total. The van der Waals surface area contributed by atoms with Gasteiger partial charge in [0.15, 0.2) is 5.75 Å². The number of hydrazine groups is 1. The van der Waals surface area contributed by atoms with Gasteiger partial charge in [0.25, 0.3) is 0 Å². The number of rotatable bonds is 4. The number of ether oxygens (including phenoxy) is 1. The Balaban J connectivity index is 2.34. The number of benzene rings is 1. The second kappa shape index (κ2) is 7.17. The van der Waals surface area contributed by atoms with Gasteiger partial charge in [-0.05, 0) is 41.7 Å². The maximum Gasteiger partial charge on any atom is 0.234 e. The summed E-state index contributed by atoms with van der Waals surface area (Å²) in [5.74, 6) is 0.834. The topological polar surface area (TPSA) is 73.4 Å². The zero-order valence-electron chi connectivity index (χ0n) is 13.3. The van der Waals surface area contributed by atoms with Gasteiger partial charge in [-0.1, -0.05) is 19.1 Å². The molecular weight excluding hydrogens is 300 g/mol. The molecule has 1 aliphatic rings. The summed E-state index contributed by atoms with van der Waals surface area (Å²) in [7, 11) is 1.58. The monoisotopic (exact) mass is 322 g/mol. The van der Waals surface area contributed by atoms with Crippen molar-refractivity contribution in [2.45, 2.75) is 31.2 Å². The van der Waals surface area contributed by atoms with E-state index >= 15 is 0 Å². The van der Waals surface area contributed by atoms with E-state index in [2.05, 4.69) is 16.9 Å². The predicted octanol–water partition coefficient (Wildman–Crippen LogP) is 1.87. The lowest BCUT2D eigenvalue weighted by Gasteiger charge is -2.28. The second-order valence-electron chi connectivity index (χ2n) is 5.54. The van der Waals surface area contributed by atoms with Gasteiger partial charge in [0.2, 0.25) is 10.8 Å². The summed E-state index contributed by atoms with van der Waals surface area (Å²) in [6, 6.07) is 5.69. The van der Waals surface area contributed by atoms with Gasteiger partial charge >= 0.3 is 0 Å². The average Bonchev–Trinajstić information content (AvgIpc) is 2.48. The van der Waals surface area contributed by atoms with Crippen LogP contribution in [0.15, 0.2) is 29.2 Å². The van der Waals surface area contributed by atoms with Crippen LogP contribution in [0.5, 0.6) is 5.75 Å². The molecule has 0 saturated carbocycles. The molecule has 1 aromatic carbocycles. The molecule has 0 bridgehead atoms. The standard InChI is InChI=1S/C16H22N2O3S/c1-10(8-13-11(2)9-15(19)18-17-13)12-6-5-7-14(21-3)16(12)22(4)20/h5-8,11,13,17H,9H2,1-4H3,(H,18,19)/b10-8+. The highest BCUT2D eigenvalue weighted by Crippen LogP contribution is 2.32. The first-order valence-electron chi connectivity index (χ1n) is 7.17. The van der Waals surface area contributed by atoms with Gasteiger partial charge in [0.05, 0.1) is 7.11 Å². The van der Waals surface area contributed by atoms with Crippen molar-refractivity contribution in [3.63, 3.8) is 0 Å². The van der Waals surface area contributed by atoms with E-state index in [1.165, 1.54) is 0 Å². The van der Waals surface area contributed by atoms with Gasteiger partial charge in [-0.25, -0.2) is 5.43 Å². The lowest BCUT2D eigenvalue weighted by Crippen LogP contribution is -2.52. The molecule has 120 valence electrons. The van der Waals surface area contributed by atoms with Gasteiger partial charge in [-0.3, -0.25) is 10.2 Å². The Hall–Kier alpha value is -1.50. The molecule has 1 amide bonds. The first-order valence-corrected chi connectivity index (χ1v) is 8.73. The SMILES string of the molecule is COc1cccc(/C(C)=C/C2NNC(=O)CC2C)c1[S+](C)[O-]. The summed E-state index contributed by atoms with van der Waals surface area (Å²) in [6.45, 7) is 4.01. The van der Waals surface area contributed by atoms with Gasteiger partial charge < -0.3 is 9.29 Å². The molecule has 1 aromatic rings. The number of hydrogen-bond acceptors (Lipinski definition) is 4. The van der Waals surface area contributed by atoms with Crippen LogP contribution in [0.2, 0.25) is 0 Å². The number of nitrogens with one attached hydrogen (secondary N) is 2. The van der Waals surface area contributed by atoms with E-state index in [0.29, 0.717) is 17.1 Å². The van der Waals surface area contributed by atoms with Crippen molar-refractivity contribution in [3.8, 4) is 5.75 Å². The van der Waals surface area contributed by atoms with Crippen LogP contribution in [0.3, 0.4) is 0 Å². The lowest BCUT2D eigenvalue weighted by atomic mass is 9.93. The molecule has 0 aromatic heterocycles. The fourth-order valence-corrected chi connectivity index (χ4v) is 3.60. The van der Waals surface area contributed by atoms with Crippen LogP contribution in [-0.4, -0.2) is 29.9 Å². The molecule has 2 rings (SSSR count). The smallest absolute Gasteiger partial charge is 0.234 e. The zero-order valence-corrected chi connectivity index (χ0v) is 14.1. The van der Waals surface area contributed by atoms with Gasteiger partial charge in [0, 0.05) is 18.0 Å². The van der Waals surface area contributed by atoms with E-state index in [4.69, 9.17) is 4.74 Å². The highest BCUT2D eigenvalue weighted by atomic mass is 32.2. The number of methoxy groups -OCH3 is 1. The number of hydrogen-bond donors (Lipinski definition) is 2. The molecule has 1 heterocycles. The minimum absolute atomic E-state index is 0.00605. The molecular formula is C16H22N2O3S. The van der Waals surface area contributed by atoms with Gasteiger partial charge in [0.1, 0.15) is 6.26 Å². The summed E-state index contributed by atoms with van der Waals surface area (Å²) in [6.07, 6.45) is 4.21.